The number of anilines is 2. The van der Waals surface area contributed by atoms with Crippen LogP contribution in [0.3, 0.4) is 0 Å². The van der Waals surface area contributed by atoms with Crippen molar-refractivity contribution in [3.8, 4) is 22.8 Å². The first-order valence-corrected chi connectivity index (χ1v) is 17.0. The zero-order valence-electron chi connectivity index (χ0n) is 25.8. The second-order valence-corrected chi connectivity index (χ2v) is 13.0. The lowest BCUT2D eigenvalue weighted by molar-refractivity contribution is -0.684. The van der Waals surface area contributed by atoms with E-state index in [0.29, 0.717) is 53.0 Å². The third-order valence-electron chi connectivity index (χ3n) is 6.52. The zero-order chi connectivity index (χ0) is 35.8. The van der Waals surface area contributed by atoms with Crippen molar-refractivity contribution < 1.29 is 26.6 Å². The van der Waals surface area contributed by atoms with E-state index in [-0.39, 0.29) is 36.5 Å². The molecule has 14 nitrogen and oxygen atoms in total. The van der Waals surface area contributed by atoms with E-state index < -0.39 is 0 Å². The molecule has 0 saturated heterocycles. The smallest absolute Gasteiger partial charge is 0.290 e. The molecule has 6 rings (SSSR count). The fourth-order valence-corrected chi connectivity index (χ4v) is 5.61. The van der Waals surface area contributed by atoms with Crippen LogP contribution in [0.5, 0.6) is 0 Å². The third kappa shape index (κ3) is 10.6. The molecule has 0 aliphatic heterocycles. The van der Waals surface area contributed by atoms with Gasteiger partial charge in [0.2, 0.25) is 22.4 Å². The van der Waals surface area contributed by atoms with Crippen LogP contribution in [0.25, 0.3) is 22.8 Å². The lowest BCUT2D eigenvalue weighted by Crippen LogP contribution is -3.00. The molecule has 21 heteroatoms. The maximum Gasteiger partial charge on any atom is 0.290 e. The van der Waals surface area contributed by atoms with Crippen LogP contribution in [0.2, 0.25) is 20.1 Å². The number of rotatable bonds is 9. The van der Waals surface area contributed by atoms with Crippen molar-refractivity contribution in [2.45, 2.75) is 11.7 Å². The van der Waals surface area contributed by atoms with Gasteiger partial charge in [0.05, 0.1) is 27.2 Å². The minimum Gasteiger partial charge on any atom is -1.00 e. The van der Waals surface area contributed by atoms with Gasteiger partial charge in [-0.15, -0.1) is 10.2 Å². The summed E-state index contributed by atoms with van der Waals surface area (Å²) in [7, 11) is 0. The van der Waals surface area contributed by atoms with Crippen molar-refractivity contribution in [1.82, 2.24) is 34.7 Å². The number of benzene rings is 2. The van der Waals surface area contributed by atoms with Gasteiger partial charge in [-0.1, -0.05) is 58.2 Å². The molecule has 0 radical (unpaired) electrons. The van der Waals surface area contributed by atoms with Gasteiger partial charge in [0.15, 0.2) is 24.0 Å². The standard InChI is InChI=1S/2C15H12Cl2N6OS.ClH/c16-10-1-2-11(17)12(7-10)19-13(24)8-22-5-3-9(4-6-22)14-20-21-15(25)23(14)18;16-10-1-2-11(17)12(7-10)20-13(24)8-25-15-22-21-14(23(15)18)9-3-5-19-6-4-9;/h1-7H,8,18H2,(H,19,24);1-7H,8,18H2,(H,20,24);1H. The zero-order valence-corrected chi connectivity index (χ0v) is 31.2. The molecule has 0 aliphatic carbocycles. The molecule has 0 unspecified atom stereocenters. The summed E-state index contributed by atoms with van der Waals surface area (Å²) in [5.74, 6) is 12.4. The maximum absolute atomic E-state index is 12.2. The average Bonchev–Trinajstić information content (AvgIpc) is 3.64. The predicted molar refractivity (Wildman–Crippen MR) is 198 cm³/mol. The largest absolute Gasteiger partial charge is 1.00 e. The van der Waals surface area contributed by atoms with Crippen LogP contribution in [-0.4, -0.2) is 52.3 Å². The van der Waals surface area contributed by atoms with Crippen LogP contribution >= 0.6 is 70.4 Å². The summed E-state index contributed by atoms with van der Waals surface area (Å²) in [6, 6.07) is 16.8. The van der Waals surface area contributed by atoms with Crippen molar-refractivity contribution in [2.24, 2.45) is 0 Å². The van der Waals surface area contributed by atoms with E-state index in [1.54, 1.807) is 90.0 Å². The van der Waals surface area contributed by atoms with Crippen LogP contribution in [0.1, 0.15) is 0 Å². The molecule has 2 amide bonds. The number of pyridine rings is 2. The number of nitrogens with two attached hydrogens (primary N) is 2. The number of carbonyl (C=O) groups excluding carboxylic acids is 2. The SMILES string of the molecule is Nn1c(-c2cc[n+](CC(=O)Nc3cc(Cl)ccc3Cl)cc2)n[nH]c1=S.Nn1c(SCC(=O)Nc2cc(Cl)ccc2Cl)nnc1-c1ccncc1.[Cl-]. The van der Waals surface area contributed by atoms with Crippen LogP contribution in [0.15, 0.2) is 90.6 Å². The Labute approximate surface area is 325 Å². The quantitative estimate of drug-likeness (QED) is 0.0627. The van der Waals surface area contributed by atoms with Gasteiger partial charge >= 0.3 is 0 Å². The van der Waals surface area contributed by atoms with E-state index in [1.165, 1.54) is 9.35 Å². The van der Waals surface area contributed by atoms with Crippen LogP contribution in [0.4, 0.5) is 11.4 Å². The van der Waals surface area contributed by atoms with Crippen LogP contribution < -0.4 is 39.3 Å². The second-order valence-electron chi connectivity index (χ2n) is 10.0. The third-order valence-corrected chi connectivity index (χ3v) is 8.88. The number of aromatic nitrogens is 8. The minimum absolute atomic E-state index is 0. The lowest BCUT2D eigenvalue weighted by Gasteiger charge is -2.07. The highest BCUT2D eigenvalue weighted by Gasteiger charge is 2.16. The number of hydrogen-bond donors (Lipinski definition) is 5. The first kappa shape index (κ1) is 39.4. The number of halogens is 5. The first-order chi connectivity index (χ1) is 24.0. The summed E-state index contributed by atoms with van der Waals surface area (Å²) in [5.41, 5.74) is 2.47. The van der Waals surface area contributed by atoms with Crippen LogP contribution in [-0.2, 0) is 16.1 Å². The number of carbonyl (C=O) groups is 2. The molecule has 0 atom stereocenters. The minimum atomic E-state index is -0.261. The summed E-state index contributed by atoms with van der Waals surface area (Å²) in [6.07, 6.45) is 6.76. The van der Waals surface area contributed by atoms with Gasteiger partial charge in [-0.3, -0.25) is 14.6 Å². The number of aromatic amines is 1. The lowest BCUT2D eigenvalue weighted by atomic mass is 10.2. The summed E-state index contributed by atoms with van der Waals surface area (Å²) in [5, 5.41) is 22.4. The second kappa shape index (κ2) is 18.2. The number of thioether (sulfide) groups is 1. The molecule has 0 aliphatic rings. The number of nitrogens with zero attached hydrogens (tertiary/aromatic N) is 7. The summed E-state index contributed by atoms with van der Waals surface area (Å²) >= 11 is 30.0. The van der Waals surface area contributed by atoms with Gasteiger partial charge in [0.1, 0.15) is 0 Å². The van der Waals surface area contributed by atoms with Crippen molar-refractivity contribution in [3.05, 3.63) is 110 Å². The van der Waals surface area contributed by atoms with E-state index in [2.05, 4.69) is 36.0 Å². The normalized spacial score (nSPS) is 10.4. The number of nitrogens with one attached hydrogen (secondary N) is 3. The number of nitrogen functional groups attached to an aromatic ring is 2. The molecular formula is C30H25Cl5N12O2S2. The highest BCUT2D eigenvalue weighted by molar-refractivity contribution is 7.99. The van der Waals surface area contributed by atoms with Crippen molar-refractivity contribution in [1.29, 1.82) is 0 Å². The summed E-state index contributed by atoms with van der Waals surface area (Å²) in [4.78, 5) is 28.2. The summed E-state index contributed by atoms with van der Waals surface area (Å²) in [6.45, 7) is 0.110. The molecule has 264 valence electrons. The van der Waals surface area contributed by atoms with E-state index >= 15 is 0 Å². The highest BCUT2D eigenvalue weighted by atomic mass is 35.5. The average molecular weight is 827 g/mol. The molecule has 0 spiro atoms. The van der Waals surface area contributed by atoms with Gasteiger partial charge in [-0.2, -0.15) is 9.67 Å². The number of H-pyrrole nitrogens is 1. The number of amides is 2. The Morgan fingerprint density at radius 3 is 1.94 bits per heavy atom. The fraction of sp³-hybridized carbons (Fsp3) is 0.0667. The molecule has 51 heavy (non-hydrogen) atoms. The maximum atomic E-state index is 12.2. The Bertz CT molecular complexity index is 2200. The van der Waals surface area contributed by atoms with Gasteiger partial charge < -0.3 is 34.7 Å². The molecule has 2 aromatic carbocycles. The molecule has 4 aromatic heterocycles. The van der Waals surface area contributed by atoms with E-state index in [1.807, 2.05) is 0 Å². The van der Waals surface area contributed by atoms with E-state index in [0.717, 1.165) is 22.9 Å². The van der Waals surface area contributed by atoms with Gasteiger partial charge in [-0.25, -0.2) is 14.5 Å². The topological polar surface area (TPSA) is 191 Å². The van der Waals surface area contributed by atoms with Gasteiger partial charge in [0.25, 0.3) is 5.91 Å². The number of hydrogen-bond acceptors (Lipinski definition) is 10. The molecule has 6 aromatic rings. The van der Waals surface area contributed by atoms with Gasteiger partial charge in [-0.05, 0) is 60.7 Å². The predicted octanol–water partition coefficient (Wildman–Crippen LogP) is 2.65. The van der Waals surface area contributed by atoms with Crippen molar-refractivity contribution in [3.63, 3.8) is 0 Å². The highest BCUT2D eigenvalue weighted by Crippen LogP contribution is 2.27. The fourth-order valence-electron chi connectivity index (χ4n) is 4.15. The van der Waals surface area contributed by atoms with Crippen molar-refractivity contribution >= 4 is 93.6 Å². The first-order valence-electron chi connectivity index (χ1n) is 14.1. The Morgan fingerprint density at radius 1 is 0.804 bits per heavy atom. The molecule has 4 heterocycles. The monoisotopic (exact) mass is 824 g/mol. The van der Waals surface area contributed by atoms with Crippen LogP contribution in [0, 0.1) is 4.77 Å². The molecule has 0 fully saturated rings. The van der Waals surface area contributed by atoms with Crippen molar-refractivity contribution in [2.75, 3.05) is 28.1 Å². The summed E-state index contributed by atoms with van der Waals surface area (Å²) < 4.78 is 4.64. The van der Waals surface area contributed by atoms with E-state index in [9.17, 15) is 9.59 Å². The molecule has 0 saturated carbocycles. The Kier molecular flexibility index (Phi) is 14.0. The molecule has 0 bridgehead atoms. The Hall–Kier alpha value is -4.42. The van der Waals surface area contributed by atoms with E-state index in [4.69, 9.17) is 70.3 Å². The Balaban J connectivity index is 0.000000224. The molecular weight excluding hydrogens is 802 g/mol. The van der Waals surface area contributed by atoms with Gasteiger partial charge in [0, 0.05) is 45.7 Å². The Morgan fingerprint density at radius 2 is 1.37 bits per heavy atom. The molecule has 7 N–H and O–H groups in total.